The largest absolute Gasteiger partial charge is 0.247 e. The Balaban J connectivity index is 2.00. The molecule has 0 amide bonds. The first-order valence-electron chi connectivity index (χ1n) is 5.55. The number of hydrogen-bond donors (Lipinski definition) is 1. The van der Waals surface area contributed by atoms with E-state index in [1.807, 2.05) is 12.3 Å². The molecule has 4 nitrogen and oxygen atoms in total. The van der Waals surface area contributed by atoms with Crippen molar-refractivity contribution >= 4 is 48.6 Å². The minimum atomic E-state index is -3.43. The average Bonchev–Trinajstić information content (AvgIpc) is 2.85. The molecule has 0 atom stereocenters. The van der Waals surface area contributed by atoms with Gasteiger partial charge in [-0.1, -0.05) is 0 Å². The first-order valence-corrected chi connectivity index (χ1v) is 9.52. The van der Waals surface area contributed by atoms with Crippen molar-refractivity contribution in [1.29, 1.82) is 0 Å². The SMILES string of the molecule is Cc1nc(CCNS(=O)(=O)c2cc(Br)sc2C)cs1. The summed E-state index contributed by atoms with van der Waals surface area (Å²) in [5.41, 5.74) is 0.924. The first-order chi connectivity index (χ1) is 8.88. The van der Waals surface area contributed by atoms with Crippen LogP contribution in [0.3, 0.4) is 0 Å². The van der Waals surface area contributed by atoms with Gasteiger partial charge < -0.3 is 0 Å². The number of nitrogens with one attached hydrogen (secondary N) is 1. The van der Waals surface area contributed by atoms with Crippen LogP contribution in [0.5, 0.6) is 0 Å². The molecule has 19 heavy (non-hydrogen) atoms. The summed E-state index contributed by atoms with van der Waals surface area (Å²) in [5, 5.41) is 2.95. The van der Waals surface area contributed by atoms with Crippen molar-refractivity contribution in [2.45, 2.75) is 25.2 Å². The van der Waals surface area contributed by atoms with E-state index >= 15 is 0 Å². The van der Waals surface area contributed by atoms with Gasteiger partial charge in [-0.25, -0.2) is 18.1 Å². The van der Waals surface area contributed by atoms with Crippen LogP contribution >= 0.6 is 38.6 Å². The van der Waals surface area contributed by atoms with Crippen LogP contribution in [-0.2, 0) is 16.4 Å². The van der Waals surface area contributed by atoms with Crippen molar-refractivity contribution in [3.05, 3.63) is 30.8 Å². The Morgan fingerprint density at radius 1 is 1.42 bits per heavy atom. The lowest BCUT2D eigenvalue weighted by Gasteiger charge is -2.04. The summed E-state index contributed by atoms with van der Waals surface area (Å²) in [6.45, 7) is 4.09. The van der Waals surface area contributed by atoms with Crippen LogP contribution in [0.2, 0.25) is 0 Å². The third-order valence-electron chi connectivity index (χ3n) is 2.47. The lowest BCUT2D eigenvalue weighted by molar-refractivity contribution is 0.581. The molecule has 8 heteroatoms. The highest BCUT2D eigenvalue weighted by molar-refractivity contribution is 9.11. The third kappa shape index (κ3) is 3.85. The van der Waals surface area contributed by atoms with Gasteiger partial charge in [0.25, 0.3) is 0 Å². The Bertz CT molecular complexity index is 676. The minimum absolute atomic E-state index is 0.346. The normalized spacial score (nSPS) is 11.9. The molecule has 0 saturated heterocycles. The molecule has 2 aromatic rings. The quantitative estimate of drug-likeness (QED) is 0.866. The number of aromatic nitrogens is 1. The van der Waals surface area contributed by atoms with Crippen LogP contribution in [0.15, 0.2) is 20.1 Å². The molecule has 0 saturated carbocycles. The number of thiophene rings is 1. The number of sulfonamides is 1. The molecule has 2 aromatic heterocycles. The van der Waals surface area contributed by atoms with Gasteiger partial charge in [-0.2, -0.15) is 0 Å². The van der Waals surface area contributed by atoms with Crippen molar-refractivity contribution in [3.63, 3.8) is 0 Å². The Morgan fingerprint density at radius 3 is 2.68 bits per heavy atom. The molecule has 0 fully saturated rings. The van der Waals surface area contributed by atoms with E-state index in [-0.39, 0.29) is 0 Å². The van der Waals surface area contributed by atoms with E-state index in [1.54, 1.807) is 24.3 Å². The Hall–Kier alpha value is -0.280. The number of aryl methyl sites for hydroxylation is 2. The zero-order valence-electron chi connectivity index (χ0n) is 10.4. The molecule has 1 N–H and O–H groups in total. The van der Waals surface area contributed by atoms with Crippen LogP contribution in [0.4, 0.5) is 0 Å². The highest BCUT2D eigenvalue weighted by atomic mass is 79.9. The van der Waals surface area contributed by atoms with Gasteiger partial charge in [0.05, 0.1) is 19.4 Å². The molecular weight excluding hydrogens is 368 g/mol. The smallest absolute Gasteiger partial charge is 0.241 e. The predicted octanol–water partition coefficient (Wildman–Crippen LogP) is 3.10. The van der Waals surface area contributed by atoms with E-state index in [9.17, 15) is 8.42 Å². The zero-order chi connectivity index (χ0) is 14.0. The molecule has 0 unspecified atom stereocenters. The monoisotopic (exact) mass is 380 g/mol. The molecule has 0 bridgehead atoms. The Labute approximate surface area is 129 Å². The average molecular weight is 381 g/mol. The van der Waals surface area contributed by atoms with Crippen LogP contribution in [-0.4, -0.2) is 19.9 Å². The molecule has 0 aliphatic rings. The Morgan fingerprint density at radius 2 is 2.16 bits per heavy atom. The maximum Gasteiger partial charge on any atom is 0.241 e. The molecule has 0 aromatic carbocycles. The lowest BCUT2D eigenvalue weighted by atomic mass is 10.3. The molecule has 104 valence electrons. The maximum absolute atomic E-state index is 12.1. The number of thiazole rings is 1. The van der Waals surface area contributed by atoms with Gasteiger partial charge in [-0.15, -0.1) is 22.7 Å². The number of nitrogens with zero attached hydrogens (tertiary/aromatic N) is 1. The first kappa shape index (κ1) is 15.1. The summed E-state index contributed by atoms with van der Waals surface area (Å²) < 4.78 is 27.7. The Kier molecular flexibility index (Phi) is 4.78. The number of rotatable bonds is 5. The fourth-order valence-corrected chi connectivity index (χ4v) is 5.70. The van der Waals surface area contributed by atoms with E-state index in [0.717, 1.165) is 19.4 Å². The van der Waals surface area contributed by atoms with Crippen LogP contribution in [0.1, 0.15) is 15.6 Å². The summed E-state index contributed by atoms with van der Waals surface area (Å²) in [6, 6.07) is 1.63. The fourth-order valence-electron chi connectivity index (χ4n) is 1.61. The van der Waals surface area contributed by atoms with Crippen LogP contribution < -0.4 is 4.72 Å². The second-order valence-corrected chi connectivity index (χ2v) is 9.41. The highest BCUT2D eigenvalue weighted by Crippen LogP contribution is 2.29. The van der Waals surface area contributed by atoms with Gasteiger partial charge in [0.1, 0.15) is 0 Å². The van der Waals surface area contributed by atoms with E-state index in [0.29, 0.717) is 17.9 Å². The van der Waals surface area contributed by atoms with Gasteiger partial charge in [0.2, 0.25) is 10.0 Å². The van der Waals surface area contributed by atoms with Crippen LogP contribution in [0, 0.1) is 13.8 Å². The summed E-state index contributed by atoms with van der Waals surface area (Å²) in [7, 11) is -3.43. The summed E-state index contributed by atoms with van der Waals surface area (Å²) in [4.78, 5) is 5.43. The van der Waals surface area contributed by atoms with E-state index in [2.05, 4.69) is 25.6 Å². The molecule has 2 heterocycles. The third-order valence-corrected chi connectivity index (χ3v) is 6.56. The topological polar surface area (TPSA) is 59.1 Å². The van der Waals surface area contributed by atoms with Crippen LogP contribution in [0.25, 0.3) is 0 Å². The van der Waals surface area contributed by atoms with Gasteiger partial charge in [-0.3, -0.25) is 0 Å². The van der Waals surface area contributed by atoms with Crippen molar-refractivity contribution in [2.24, 2.45) is 0 Å². The van der Waals surface area contributed by atoms with Gasteiger partial charge >= 0.3 is 0 Å². The highest BCUT2D eigenvalue weighted by Gasteiger charge is 2.18. The number of hydrogen-bond acceptors (Lipinski definition) is 5. The standard InChI is InChI=1S/C11H13BrN2O2S3/c1-7-10(5-11(12)18-7)19(15,16)13-4-3-9-6-17-8(2)14-9/h5-6,13H,3-4H2,1-2H3. The van der Waals surface area contributed by atoms with Gasteiger partial charge in [-0.05, 0) is 35.8 Å². The summed E-state index contributed by atoms with van der Waals surface area (Å²) in [6.07, 6.45) is 0.605. The van der Waals surface area contributed by atoms with Crippen molar-refractivity contribution in [1.82, 2.24) is 9.71 Å². The van der Waals surface area contributed by atoms with Crippen molar-refractivity contribution in [3.8, 4) is 0 Å². The van der Waals surface area contributed by atoms with Gasteiger partial charge in [0.15, 0.2) is 0 Å². The predicted molar refractivity (Wildman–Crippen MR) is 82.5 cm³/mol. The van der Waals surface area contributed by atoms with Crippen molar-refractivity contribution < 1.29 is 8.42 Å². The second-order valence-electron chi connectivity index (χ2n) is 3.98. The molecule has 0 aliphatic carbocycles. The summed E-state index contributed by atoms with van der Waals surface area (Å²) >= 11 is 6.29. The van der Waals surface area contributed by atoms with E-state index in [1.165, 1.54) is 11.3 Å². The minimum Gasteiger partial charge on any atom is -0.247 e. The maximum atomic E-state index is 12.1. The lowest BCUT2D eigenvalue weighted by Crippen LogP contribution is -2.26. The molecule has 0 radical (unpaired) electrons. The summed E-state index contributed by atoms with van der Waals surface area (Å²) in [5.74, 6) is 0. The molecule has 2 rings (SSSR count). The van der Waals surface area contributed by atoms with E-state index < -0.39 is 10.0 Å². The second kappa shape index (κ2) is 6.01. The molecular formula is C11H13BrN2O2S3. The fraction of sp³-hybridized carbons (Fsp3) is 0.364. The molecule has 0 aliphatic heterocycles. The van der Waals surface area contributed by atoms with Gasteiger partial charge in [0, 0.05) is 23.2 Å². The molecule has 0 spiro atoms. The van der Waals surface area contributed by atoms with Crippen molar-refractivity contribution in [2.75, 3.05) is 6.54 Å². The zero-order valence-corrected chi connectivity index (χ0v) is 14.5. The van der Waals surface area contributed by atoms with E-state index in [4.69, 9.17) is 0 Å². The number of halogens is 1.